The standard InChI is InChI=1S/C23H28N4O3/c24-20(13-26-23(29)19-14-30-21-4-2-1-3-18(19)21)15-5-7-16(8-6-15)22(28)27-17-9-11-25-12-10-17/h1-4,9-12,15-16,19-20H,5-8,13-14,24H2,(H,26,29)(H,25,27,28). The van der Waals surface area contributed by atoms with E-state index < -0.39 is 0 Å². The number of hydrogen-bond acceptors (Lipinski definition) is 5. The van der Waals surface area contributed by atoms with Gasteiger partial charge in [0.1, 0.15) is 18.3 Å². The molecule has 2 amide bonds. The minimum absolute atomic E-state index is 0.00310. The molecule has 7 heteroatoms. The number of nitrogens with zero attached hydrogens (tertiary/aromatic N) is 1. The third-order valence-electron chi connectivity index (χ3n) is 6.22. The fraction of sp³-hybridized carbons (Fsp3) is 0.435. The molecule has 2 aromatic rings. The van der Waals surface area contributed by atoms with Crippen LogP contribution >= 0.6 is 0 Å². The molecule has 4 rings (SSSR count). The number of amides is 2. The van der Waals surface area contributed by atoms with Crippen molar-refractivity contribution in [2.75, 3.05) is 18.5 Å². The summed E-state index contributed by atoms with van der Waals surface area (Å²) in [6.45, 7) is 0.814. The first-order valence-corrected chi connectivity index (χ1v) is 10.6. The summed E-state index contributed by atoms with van der Waals surface area (Å²) in [5.74, 6) is 0.833. The van der Waals surface area contributed by atoms with Crippen molar-refractivity contribution in [2.45, 2.75) is 37.6 Å². The van der Waals surface area contributed by atoms with Crippen molar-refractivity contribution in [1.29, 1.82) is 0 Å². The van der Waals surface area contributed by atoms with Gasteiger partial charge < -0.3 is 21.1 Å². The Kier molecular flexibility index (Phi) is 6.28. The Labute approximate surface area is 176 Å². The van der Waals surface area contributed by atoms with E-state index in [1.807, 2.05) is 24.3 Å². The first-order valence-electron chi connectivity index (χ1n) is 10.6. The van der Waals surface area contributed by atoms with E-state index in [1.165, 1.54) is 0 Å². The van der Waals surface area contributed by atoms with Gasteiger partial charge in [-0.1, -0.05) is 18.2 Å². The molecule has 1 fully saturated rings. The van der Waals surface area contributed by atoms with Gasteiger partial charge in [0.25, 0.3) is 0 Å². The fourth-order valence-corrected chi connectivity index (χ4v) is 4.38. The number of anilines is 1. The predicted octanol–water partition coefficient (Wildman–Crippen LogP) is 2.45. The van der Waals surface area contributed by atoms with Crippen LogP contribution in [0.5, 0.6) is 5.75 Å². The van der Waals surface area contributed by atoms with Gasteiger partial charge in [-0.25, -0.2) is 0 Å². The minimum atomic E-state index is -0.277. The summed E-state index contributed by atoms with van der Waals surface area (Å²) in [7, 11) is 0. The minimum Gasteiger partial charge on any atom is -0.492 e. The molecule has 0 spiro atoms. The maximum absolute atomic E-state index is 12.6. The van der Waals surface area contributed by atoms with Crippen molar-refractivity contribution in [3.63, 3.8) is 0 Å². The second-order valence-electron chi connectivity index (χ2n) is 8.15. The maximum atomic E-state index is 12.6. The van der Waals surface area contributed by atoms with Gasteiger partial charge in [0.15, 0.2) is 0 Å². The lowest BCUT2D eigenvalue weighted by atomic mass is 9.78. The summed E-state index contributed by atoms with van der Waals surface area (Å²) in [5.41, 5.74) is 8.09. The number of rotatable bonds is 6. The molecule has 1 aliphatic carbocycles. The number of benzene rings is 1. The highest BCUT2D eigenvalue weighted by molar-refractivity contribution is 5.92. The van der Waals surface area contributed by atoms with Crippen molar-refractivity contribution in [3.05, 3.63) is 54.4 Å². The molecule has 1 saturated carbocycles. The van der Waals surface area contributed by atoms with Gasteiger partial charge in [0.2, 0.25) is 11.8 Å². The maximum Gasteiger partial charge on any atom is 0.231 e. The average molecular weight is 409 g/mol. The van der Waals surface area contributed by atoms with Crippen LogP contribution in [0, 0.1) is 11.8 Å². The molecule has 1 aliphatic heterocycles. The number of ether oxygens (including phenoxy) is 1. The molecule has 158 valence electrons. The molecule has 0 radical (unpaired) electrons. The van der Waals surface area contributed by atoms with Crippen molar-refractivity contribution in [1.82, 2.24) is 10.3 Å². The monoisotopic (exact) mass is 408 g/mol. The van der Waals surface area contributed by atoms with Gasteiger partial charge in [-0.3, -0.25) is 14.6 Å². The molecule has 1 aromatic heterocycles. The molecule has 0 saturated heterocycles. The quantitative estimate of drug-likeness (QED) is 0.681. The van der Waals surface area contributed by atoms with E-state index in [0.29, 0.717) is 19.1 Å². The molecular formula is C23H28N4O3. The molecular weight excluding hydrogens is 380 g/mol. The van der Waals surface area contributed by atoms with Crippen LogP contribution in [-0.2, 0) is 9.59 Å². The van der Waals surface area contributed by atoms with E-state index in [-0.39, 0.29) is 29.7 Å². The summed E-state index contributed by atoms with van der Waals surface area (Å²) >= 11 is 0. The average Bonchev–Trinajstić information content (AvgIpc) is 3.22. The summed E-state index contributed by atoms with van der Waals surface area (Å²) in [4.78, 5) is 29.0. The van der Waals surface area contributed by atoms with Crippen LogP contribution in [0.4, 0.5) is 5.69 Å². The number of carbonyl (C=O) groups excluding carboxylic acids is 2. The van der Waals surface area contributed by atoms with Gasteiger partial charge in [-0.15, -0.1) is 0 Å². The molecule has 2 aliphatic rings. The van der Waals surface area contributed by atoms with Gasteiger partial charge in [-0.2, -0.15) is 0 Å². The number of nitrogens with two attached hydrogens (primary N) is 1. The van der Waals surface area contributed by atoms with Crippen LogP contribution in [0.15, 0.2) is 48.8 Å². The Balaban J connectivity index is 1.21. The first-order chi connectivity index (χ1) is 14.6. The van der Waals surface area contributed by atoms with Crippen LogP contribution in [0.2, 0.25) is 0 Å². The zero-order chi connectivity index (χ0) is 20.9. The van der Waals surface area contributed by atoms with Crippen LogP contribution < -0.4 is 21.1 Å². The molecule has 2 unspecified atom stereocenters. The Morgan fingerprint density at radius 2 is 1.80 bits per heavy atom. The number of carbonyl (C=O) groups is 2. The number of aromatic nitrogens is 1. The summed E-state index contributed by atoms with van der Waals surface area (Å²) in [5, 5.41) is 5.96. The summed E-state index contributed by atoms with van der Waals surface area (Å²) in [6.07, 6.45) is 6.73. The van der Waals surface area contributed by atoms with Gasteiger partial charge in [-0.05, 0) is 49.8 Å². The van der Waals surface area contributed by atoms with E-state index >= 15 is 0 Å². The predicted molar refractivity (Wildman–Crippen MR) is 114 cm³/mol. The van der Waals surface area contributed by atoms with Crippen LogP contribution in [0.1, 0.15) is 37.2 Å². The molecule has 4 N–H and O–H groups in total. The molecule has 7 nitrogen and oxygen atoms in total. The highest BCUT2D eigenvalue weighted by Crippen LogP contribution is 2.34. The third kappa shape index (κ3) is 4.62. The number of para-hydroxylation sites is 1. The number of pyridine rings is 1. The van der Waals surface area contributed by atoms with E-state index in [0.717, 1.165) is 42.7 Å². The van der Waals surface area contributed by atoms with E-state index in [9.17, 15) is 9.59 Å². The highest BCUT2D eigenvalue weighted by Gasteiger charge is 2.32. The molecule has 30 heavy (non-hydrogen) atoms. The second-order valence-corrected chi connectivity index (χ2v) is 8.15. The fourth-order valence-electron chi connectivity index (χ4n) is 4.38. The summed E-state index contributed by atoms with van der Waals surface area (Å²) in [6, 6.07) is 11.1. The zero-order valence-electron chi connectivity index (χ0n) is 16.9. The molecule has 2 atom stereocenters. The lowest BCUT2D eigenvalue weighted by Crippen LogP contribution is -2.45. The smallest absolute Gasteiger partial charge is 0.231 e. The van der Waals surface area contributed by atoms with Crippen molar-refractivity contribution in [2.24, 2.45) is 17.6 Å². The number of hydrogen-bond donors (Lipinski definition) is 3. The largest absolute Gasteiger partial charge is 0.492 e. The lowest BCUT2D eigenvalue weighted by molar-refractivity contribution is -0.122. The Bertz CT molecular complexity index is 881. The van der Waals surface area contributed by atoms with Gasteiger partial charge in [0.05, 0.1) is 0 Å². The number of nitrogens with one attached hydrogen (secondary N) is 2. The van der Waals surface area contributed by atoms with Crippen molar-refractivity contribution >= 4 is 17.5 Å². The Morgan fingerprint density at radius 3 is 2.57 bits per heavy atom. The normalized spacial score (nSPS) is 23.7. The second kappa shape index (κ2) is 9.26. The summed E-state index contributed by atoms with van der Waals surface area (Å²) < 4.78 is 5.60. The van der Waals surface area contributed by atoms with Crippen molar-refractivity contribution < 1.29 is 14.3 Å². The van der Waals surface area contributed by atoms with Crippen LogP contribution in [0.25, 0.3) is 0 Å². The van der Waals surface area contributed by atoms with Crippen LogP contribution in [-0.4, -0.2) is 36.0 Å². The Morgan fingerprint density at radius 1 is 1.07 bits per heavy atom. The number of fused-ring (bicyclic) bond motifs is 1. The van der Waals surface area contributed by atoms with E-state index in [1.54, 1.807) is 24.5 Å². The van der Waals surface area contributed by atoms with E-state index in [2.05, 4.69) is 15.6 Å². The first kappa shape index (κ1) is 20.3. The van der Waals surface area contributed by atoms with E-state index in [4.69, 9.17) is 10.5 Å². The third-order valence-corrected chi connectivity index (χ3v) is 6.22. The molecule has 0 bridgehead atoms. The lowest BCUT2D eigenvalue weighted by Gasteiger charge is -2.31. The van der Waals surface area contributed by atoms with Crippen LogP contribution in [0.3, 0.4) is 0 Å². The molecule has 2 heterocycles. The van der Waals surface area contributed by atoms with Gasteiger partial charge in [0, 0.05) is 42.1 Å². The Hall–Kier alpha value is -2.93. The van der Waals surface area contributed by atoms with Gasteiger partial charge >= 0.3 is 0 Å². The highest BCUT2D eigenvalue weighted by atomic mass is 16.5. The van der Waals surface area contributed by atoms with Crippen molar-refractivity contribution in [3.8, 4) is 5.75 Å². The zero-order valence-corrected chi connectivity index (χ0v) is 16.9. The molecule has 1 aromatic carbocycles. The topological polar surface area (TPSA) is 106 Å². The SMILES string of the molecule is NC(CNC(=O)C1COc2ccccc21)C1CCC(C(=O)Nc2ccncc2)CC1.